The van der Waals surface area contributed by atoms with Crippen LogP contribution in [-0.2, 0) is 9.59 Å². The molecule has 7 heteroatoms. The average Bonchev–Trinajstić information content (AvgIpc) is 3.37. The molecule has 1 saturated carbocycles. The fourth-order valence-electron chi connectivity index (χ4n) is 3.83. The Bertz CT molecular complexity index is 1120. The zero-order valence-electron chi connectivity index (χ0n) is 15.4. The van der Waals surface area contributed by atoms with Crippen molar-refractivity contribution >= 4 is 46.1 Å². The van der Waals surface area contributed by atoms with Gasteiger partial charge >= 0.3 is 0 Å². The van der Waals surface area contributed by atoms with Gasteiger partial charge in [-0.1, -0.05) is 29.8 Å². The Morgan fingerprint density at radius 1 is 1.25 bits per heavy atom. The molecule has 1 aliphatic heterocycles. The van der Waals surface area contributed by atoms with Crippen LogP contribution in [0.4, 0.5) is 11.6 Å². The maximum atomic E-state index is 13.1. The summed E-state index contributed by atoms with van der Waals surface area (Å²) in [4.78, 5) is 32.3. The average molecular weight is 395 g/mol. The second-order valence-electron chi connectivity index (χ2n) is 7.46. The second-order valence-corrected chi connectivity index (χ2v) is 7.87. The number of hydrogen-bond donors (Lipinski definition) is 1. The van der Waals surface area contributed by atoms with Crippen LogP contribution >= 0.6 is 11.6 Å². The van der Waals surface area contributed by atoms with Crippen LogP contribution < -0.4 is 10.2 Å². The summed E-state index contributed by atoms with van der Waals surface area (Å²) in [5.74, 6) is 0.353. The number of halogens is 1. The highest BCUT2D eigenvalue weighted by Gasteiger charge is 2.47. The van der Waals surface area contributed by atoms with E-state index >= 15 is 0 Å². The normalized spacial score (nSPS) is 18.6. The van der Waals surface area contributed by atoms with E-state index in [0.717, 1.165) is 29.4 Å². The number of carbonyl (C=O) groups is 2. The van der Waals surface area contributed by atoms with Crippen molar-refractivity contribution in [1.29, 1.82) is 0 Å². The summed E-state index contributed by atoms with van der Waals surface area (Å²) in [5, 5.41) is 3.33. The van der Waals surface area contributed by atoms with E-state index in [9.17, 15) is 9.59 Å². The zero-order valence-corrected chi connectivity index (χ0v) is 16.1. The molecule has 1 atom stereocenters. The SMILES string of the molecule is Cc1ccc(NC(=O)C[C@@H]2C(=O)N(C3CC3)c3nc4ccccc4n32)c(Cl)c1. The predicted octanol–water partition coefficient (Wildman–Crippen LogP) is 4.08. The van der Waals surface area contributed by atoms with Crippen LogP contribution in [0.5, 0.6) is 0 Å². The van der Waals surface area contributed by atoms with Gasteiger partial charge in [-0.05, 0) is 49.6 Å². The monoisotopic (exact) mass is 394 g/mol. The minimum absolute atomic E-state index is 0.0413. The van der Waals surface area contributed by atoms with Crippen LogP contribution in [0.3, 0.4) is 0 Å². The van der Waals surface area contributed by atoms with Gasteiger partial charge < -0.3 is 5.32 Å². The molecule has 5 rings (SSSR count). The lowest BCUT2D eigenvalue weighted by Crippen LogP contribution is -2.33. The van der Waals surface area contributed by atoms with Crippen molar-refractivity contribution in [2.24, 2.45) is 0 Å². The number of rotatable bonds is 4. The van der Waals surface area contributed by atoms with E-state index in [1.54, 1.807) is 17.0 Å². The number of carbonyl (C=O) groups excluding carboxylic acids is 2. The maximum absolute atomic E-state index is 13.1. The Morgan fingerprint density at radius 2 is 2.04 bits per heavy atom. The highest BCUT2D eigenvalue weighted by molar-refractivity contribution is 6.33. The molecule has 6 nitrogen and oxygen atoms in total. The van der Waals surface area contributed by atoms with Crippen molar-refractivity contribution in [3.05, 3.63) is 53.1 Å². The van der Waals surface area contributed by atoms with Gasteiger partial charge in [0.05, 0.1) is 28.2 Å². The van der Waals surface area contributed by atoms with Gasteiger partial charge in [0.1, 0.15) is 6.04 Å². The van der Waals surface area contributed by atoms with Gasteiger partial charge in [0.15, 0.2) is 0 Å². The summed E-state index contributed by atoms with van der Waals surface area (Å²) in [6, 6.07) is 12.8. The summed E-state index contributed by atoms with van der Waals surface area (Å²) in [6.45, 7) is 1.94. The third-order valence-electron chi connectivity index (χ3n) is 5.32. The summed E-state index contributed by atoms with van der Waals surface area (Å²) >= 11 is 6.23. The zero-order chi connectivity index (χ0) is 19.4. The van der Waals surface area contributed by atoms with E-state index in [1.165, 1.54) is 0 Å². The van der Waals surface area contributed by atoms with Crippen LogP contribution in [0, 0.1) is 6.92 Å². The fraction of sp³-hybridized carbons (Fsp3) is 0.286. The van der Waals surface area contributed by atoms with Gasteiger partial charge in [-0.2, -0.15) is 0 Å². The van der Waals surface area contributed by atoms with Gasteiger partial charge in [-0.15, -0.1) is 0 Å². The molecule has 1 fully saturated rings. The van der Waals surface area contributed by atoms with Crippen molar-refractivity contribution in [2.75, 3.05) is 10.2 Å². The van der Waals surface area contributed by atoms with Crippen LogP contribution in [0.15, 0.2) is 42.5 Å². The third kappa shape index (κ3) is 2.76. The van der Waals surface area contributed by atoms with Crippen molar-refractivity contribution < 1.29 is 9.59 Å². The summed E-state index contributed by atoms with van der Waals surface area (Å²) in [7, 11) is 0. The topological polar surface area (TPSA) is 67.2 Å². The molecule has 0 unspecified atom stereocenters. The molecule has 0 saturated heterocycles. The minimum atomic E-state index is -0.591. The molecular weight excluding hydrogens is 376 g/mol. The van der Waals surface area contributed by atoms with E-state index in [0.29, 0.717) is 16.7 Å². The molecule has 2 aromatic carbocycles. The number of nitrogens with one attached hydrogen (secondary N) is 1. The molecule has 3 aromatic rings. The highest BCUT2D eigenvalue weighted by Crippen LogP contribution is 2.42. The number of anilines is 2. The summed E-state index contributed by atoms with van der Waals surface area (Å²) in [5.41, 5.74) is 3.28. The van der Waals surface area contributed by atoms with E-state index < -0.39 is 6.04 Å². The van der Waals surface area contributed by atoms with Crippen LogP contribution in [0.2, 0.25) is 5.02 Å². The van der Waals surface area contributed by atoms with Gasteiger partial charge in [0.2, 0.25) is 11.9 Å². The van der Waals surface area contributed by atoms with Crippen molar-refractivity contribution in [3.63, 3.8) is 0 Å². The van der Waals surface area contributed by atoms with Crippen LogP contribution in [-0.4, -0.2) is 27.4 Å². The Hall–Kier alpha value is -2.86. The lowest BCUT2D eigenvalue weighted by Gasteiger charge is -2.15. The van der Waals surface area contributed by atoms with Crippen LogP contribution in [0.1, 0.15) is 30.9 Å². The Balaban J connectivity index is 1.46. The van der Waals surface area contributed by atoms with Crippen molar-refractivity contribution in [3.8, 4) is 0 Å². The fourth-order valence-corrected chi connectivity index (χ4v) is 4.11. The largest absolute Gasteiger partial charge is 0.325 e. The van der Waals surface area contributed by atoms with Crippen molar-refractivity contribution in [1.82, 2.24) is 9.55 Å². The van der Waals surface area contributed by atoms with Gasteiger partial charge in [-0.25, -0.2) is 4.98 Å². The number of para-hydroxylation sites is 2. The number of nitrogens with zero attached hydrogens (tertiary/aromatic N) is 3. The lowest BCUT2D eigenvalue weighted by molar-refractivity contribution is -0.124. The molecule has 1 aliphatic carbocycles. The van der Waals surface area contributed by atoms with E-state index in [2.05, 4.69) is 10.3 Å². The Morgan fingerprint density at radius 3 is 2.79 bits per heavy atom. The molecular formula is C21H19ClN4O2. The number of hydrogen-bond acceptors (Lipinski definition) is 3. The smallest absolute Gasteiger partial charge is 0.253 e. The molecule has 2 heterocycles. The van der Waals surface area contributed by atoms with Gasteiger partial charge in [0, 0.05) is 6.04 Å². The van der Waals surface area contributed by atoms with E-state index in [4.69, 9.17) is 11.6 Å². The number of amides is 2. The number of aryl methyl sites for hydroxylation is 1. The van der Waals surface area contributed by atoms with Gasteiger partial charge in [0.25, 0.3) is 5.91 Å². The number of benzene rings is 2. The van der Waals surface area contributed by atoms with Gasteiger partial charge in [-0.3, -0.25) is 19.1 Å². The first-order valence-electron chi connectivity index (χ1n) is 9.39. The maximum Gasteiger partial charge on any atom is 0.253 e. The first kappa shape index (κ1) is 17.3. The van der Waals surface area contributed by atoms with Crippen LogP contribution in [0.25, 0.3) is 11.0 Å². The van der Waals surface area contributed by atoms with E-state index in [-0.39, 0.29) is 24.3 Å². The molecule has 0 radical (unpaired) electrons. The third-order valence-corrected chi connectivity index (χ3v) is 5.63. The Labute approximate surface area is 167 Å². The molecule has 2 amide bonds. The second kappa shape index (κ2) is 6.34. The Kier molecular flexibility index (Phi) is 3.91. The molecule has 28 heavy (non-hydrogen) atoms. The first-order valence-corrected chi connectivity index (χ1v) is 9.77. The molecule has 1 aromatic heterocycles. The molecule has 0 spiro atoms. The number of imidazole rings is 1. The molecule has 0 bridgehead atoms. The minimum Gasteiger partial charge on any atom is -0.325 e. The molecule has 2 aliphatic rings. The summed E-state index contributed by atoms with van der Waals surface area (Å²) < 4.78 is 1.91. The van der Waals surface area contributed by atoms with Crippen molar-refractivity contribution in [2.45, 2.75) is 38.3 Å². The number of aromatic nitrogens is 2. The first-order chi connectivity index (χ1) is 13.5. The number of fused-ring (bicyclic) bond motifs is 3. The highest BCUT2D eigenvalue weighted by atomic mass is 35.5. The standard InChI is InChI=1S/C21H19ClN4O2/c1-12-6-9-15(14(22)10-12)23-19(27)11-18-20(28)25(13-7-8-13)21-24-16-4-2-3-5-17(16)26(18)21/h2-6,9-10,13,18H,7-8,11H2,1H3,(H,23,27)/t18-/m1/s1. The quantitative estimate of drug-likeness (QED) is 0.725. The molecule has 142 valence electrons. The lowest BCUT2D eigenvalue weighted by atomic mass is 10.1. The predicted molar refractivity (Wildman–Crippen MR) is 109 cm³/mol. The van der Waals surface area contributed by atoms with E-state index in [1.807, 2.05) is 41.8 Å². The summed E-state index contributed by atoms with van der Waals surface area (Å²) in [6.07, 6.45) is 2.00. The molecule has 1 N–H and O–H groups in total.